The Morgan fingerprint density at radius 1 is 1.17 bits per heavy atom. The van der Waals surface area contributed by atoms with E-state index in [9.17, 15) is 0 Å². The lowest BCUT2D eigenvalue weighted by molar-refractivity contribution is 0.667. The number of pyridine rings is 1. The number of thiazole rings is 1. The Balaban J connectivity index is 2.13. The summed E-state index contributed by atoms with van der Waals surface area (Å²) in [5, 5.41) is 6.58. The highest BCUT2D eigenvalue weighted by Gasteiger charge is 2.06. The highest BCUT2D eigenvalue weighted by Crippen LogP contribution is 2.24. The Labute approximate surface area is 112 Å². The highest BCUT2D eigenvalue weighted by molar-refractivity contribution is 7.13. The number of hydrogen-bond acceptors (Lipinski definition) is 4. The molecule has 0 spiro atoms. The monoisotopic (exact) mass is 261 g/mol. The van der Waals surface area contributed by atoms with E-state index in [1.54, 1.807) is 11.3 Å². The van der Waals surface area contributed by atoms with E-state index in [0.29, 0.717) is 0 Å². The summed E-state index contributed by atoms with van der Waals surface area (Å²) < 4.78 is 0. The van der Waals surface area contributed by atoms with Crippen LogP contribution in [-0.2, 0) is 6.54 Å². The SMILES string of the molecule is CCCNCc1csc(-c2cc(C)nc(C)c2)n1. The van der Waals surface area contributed by atoms with Crippen LogP contribution in [0.5, 0.6) is 0 Å². The number of rotatable bonds is 5. The maximum atomic E-state index is 4.66. The summed E-state index contributed by atoms with van der Waals surface area (Å²) in [4.78, 5) is 9.05. The number of nitrogens with one attached hydrogen (secondary N) is 1. The molecule has 2 aromatic heterocycles. The van der Waals surface area contributed by atoms with Crippen molar-refractivity contribution in [2.24, 2.45) is 0 Å². The molecule has 4 heteroatoms. The Bertz CT molecular complexity index is 499. The molecule has 0 aliphatic carbocycles. The third kappa shape index (κ3) is 3.37. The van der Waals surface area contributed by atoms with E-state index in [1.165, 1.54) is 5.56 Å². The lowest BCUT2D eigenvalue weighted by Crippen LogP contribution is -2.13. The van der Waals surface area contributed by atoms with Crippen molar-refractivity contribution in [3.63, 3.8) is 0 Å². The van der Waals surface area contributed by atoms with Gasteiger partial charge in [0.15, 0.2) is 0 Å². The third-order valence-corrected chi connectivity index (χ3v) is 3.55. The van der Waals surface area contributed by atoms with Gasteiger partial charge in [-0.1, -0.05) is 6.92 Å². The van der Waals surface area contributed by atoms with Crippen LogP contribution < -0.4 is 5.32 Å². The minimum absolute atomic E-state index is 0.855. The van der Waals surface area contributed by atoms with Gasteiger partial charge in [0.05, 0.1) is 5.69 Å². The van der Waals surface area contributed by atoms with E-state index in [1.807, 2.05) is 13.8 Å². The number of aromatic nitrogens is 2. The molecule has 1 N–H and O–H groups in total. The first-order valence-electron chi connectivity index (χ1n) is 6.30. The van der Waals surface area contributed by atoms with Crippen molar-refractivity contribution in [2.75, 3.05) is 6.54 Å². The summed E-state index contributed by atoms with van der Waals surface area (Å²) in [5.41, 5.74) is 4.39. The van der Waals surface area contributed by atoms with Gasteiger partial charge in [-0.05, 0) is 38.9 Å². The van der Waals surface area contributed by atoms with Crippen molar-refractivity contribution in [3.05, 3.63) is 34.6 Å². The van der Waals surface area contributed by atoms with E-state index in [2.05, 4.69) is 39.7 Å². The van der Waals surface area contributed by atoms with E-state index in [4.69, 9.17) is 0 Å². The fourth-order valence-electron chi connectivity index (χ4n) is 1.87. The first-order chi connectivity index (χ1) is 8.69. The van der Waals surface area contributed by atoms with Crippen molar-refractivity contribution in [2.45, 2.75) is 33.7 Å². The molecule has 2 rings (SSSR count). The van der Waals surface area contributed by atoms with Crippen LogP contribution in [0.1, 0.15) is 30.4 Å². The molecule has 2 aromatic rings. The average molecular weight is 261 g/mol. The second kappa shape index (κ2) is 6.07. The summed E-state index contributed by atoms with van der Waals surface area (Å²) >= 11 is 1.70. The zero-order valence-electron chi connectivity index (χ0n) is 11.2. The number of hydrogen-bond donors (Lipinski definition) is 1. The van der Waals surface area contributed by atoms with Gasteiger partial charge in [-0.3, -0.25) is 4.98 Å². The minimum Gasteiger partial charge on any atom is -0.311 e. The van der Waals surface area contributed by atoms with Crippen molar-refractivity contribution < 1.29 is 0 Å². The normalized spacial score (nSPS) is 10.8. The largest absolute Gasteiger partial charge is 0.311 e. The predicted octanol–water partition coefficient (Wildman–Crippen LogP) is 3.32. The molecule has 0 saturated carbocycles. The molecule has 18 heavy (non-hydrogen) atoms. The van der Waals surface area contributed by atoms with Gasteiger partial charge in [0, 0.05) is 28.9 Å². The lowest BCUT2D eigenvalue weighted by Gasteiger charge is -2.01. The molecular formula is C14H19N3S. The van der Waals surface area contributed by atoms with Crippen LogP contribution in [0.2, 0.25) is 0 Å². The molecule has 0 aromatic carbocycles. The van der Waals surface area contributed by atoms with Gasteiger partial charge in [-0.2, -0.15) is 0 Å². The van der Waals surface area contributed by atoms with E-state index >= 15 is 0 Å². The average Bonchev–Trinajstić information content (AvgIpc) is 2.77. The molecule has 0 saturated heterocycles. The Kier molecular flexibility index (Phi) is 4.44. The van der Waals surface area contributed by atoms with Gasteiger partial charge in [-0.25, -0.2) is 4.98 Å². The molecule has 0 aliphatic rings. The molecule has 0 bridgehead atoms. The summed E-state index contributed by atoms with van der Waals surface area (Å²) in [6, 6.07) is 4.18. The lowest BCUT2D eigenvalue weighted by atomic mass is 10.2. The Morgan fingerprint density at radius 3 is 2.56 bits per heavy atom. The minimum atomic E-state index is 0.855. The maximum Gasteiger partial charge on any atom is 0.123 e. The summed E-state index contributed by atoms with van der Waals surface area (Å²) in [6.45, 7) is 8.11. The van der Waals surface area contributed by atoms with Crippen LogP contribution in [-0.4, -0.2) is 16.5 Å². The van der Waals surface area contributed by atoms with Crippen LogP contribution in [0.3, 0.4) is 0 Å². The first-order valence-corrected chi connectivity index (χ1v) is 7.18. The predicted molar refractivity (Wildman–Crippen MR) is 76.8 cm³/mol. The van der Waals surface area contributed by atoms with Crippen LogP contribution in [0.4, 0.5) is 0 Å². The van der Waals surface area contributed by atoms with Crippen molar-refractivity contribution in [1.29, 1.82) is 0 Å². The summed E-state index contributed by atoms with van der Waals surface area (Å²) in [7, 11) is 0. The molecule has 0 fully saturated rings. The quantitative estimate of drug-likeness (QED) is 0.839. The van der Waals surface area contributed by atoms with Crippen LogP contribution in [0, 0.1) is 13.8 Å². The fourth-order valence-corrected chi connectivity index (χ4v) is 2.68. The summed E-state index contributed by atoms with van der Waals surface area (Å²) in [5.74, 6) is 0. The van der Waals surface area contributed by atoms with Crippen molar-refractivity contribution in [3.8, 4) is 10.6 Å². The fraction of sp³-hybridized carbons (Fsp3) is 0.429. The smallest absolute Gasteiger partial charge is 0.123 e. The first kappa shape index (κ1) is 13.2. The summed E-state index contributed by atoms with van der Waals surface area (Å²) in [6.07, 6.45) is 1.15. The maximum absolute atomic E-state index is 4.66. The molecule has 0 atom stereocenters. The van der Waals surface area contributed by atoms with Gasteiger partial charge in [0.25, 0.3) is 0 Å². The Morgan fingerprint density at radius 2 is 1.89 bits per heavy atom. The van der Waals surface area contributed by atoms with Gasteiger partial charge in [0.1, 0.15) is 5.01 Å². The van der Waals surface area contributed by atoms with Crippen molar-refractivity contribution >= 4 is 11.3 Å². The second-order valence-electron chi connectivity index (χ2n) is 4.46. The van der Waals surface area contributed by atoms with E-state index in [-0.39, 0.29) is 0 Å². The van der Waals surface area contributed by atoms with Gasteiger partial charge in [0.2, 0.25) is 0 Å². The van der Waals surface area contributed by atoms with Gasteiger partial charge >= 0.3 is 0 Å². The molecule has 96 valence electrons. The Hall–Kier alpha value is -1.26. The molecule has 2 heterocycles. The molecule has 0 aliphatic heterocycles. The zero-order valence-corrected chi connectivity index (χ0v) is 12.0. The van der Waals surface area contributed by atoms with E-state index in [0.717, 1.165) is 41.6 Å². The second-order valence-corrected chi connectivity index (χ2v) is 5.32. The molecule has 0 unspecified atom stereocenters. The molecule has 0 amide bonds. The standard InChI is InChI=1S/C14H19N3S/c1-4-5-15-8-13-9-18-14(17-13)12-6-10(2)16-11(3)7-12/h6-7,9,15H,4-5,8H2,1-3H3. The van der Waals surface area contributed by atoms with Crippen LogP contribution >= 0.6 is 11.3 Å². The van der Waals surface area contributed by atoms with E-state index < -0.39 is 0 Å². The molecule has 3 nitrogen and oxygen atoms in total. The van der Waals surface area contributed by atoms with Crippen LogP contribution in [0.25, 0.3) is 10.6 Å². The number of nitrogens with zero attached hydrogens (tertiary/aromatic N) is 2. The third-order valence-electron chi connectivity index (χ3n) is 2.61. The van der Waals surface area contributed by atoms with Crippen LogP contribution in [0.15, 0.2) is 17.5 Å². The zero-order chi connectivity index (χ0) is 13.0. The molecular weight excluding hydrogens is 242 g/mol. The molecule has 0 radical (unpaired) electrons. The topological polar surface area (TPSA) is 37.8 Å². The van der Waals surface area contributed by atoms with Gasteiger partial charge in [-0.15, -0.1) is 11.3 Å². The van der Waals surface area contributed by atoms with Crippen molar-refractivity contribution in [1.82, 2.24) is 15.3 Å². The number of aryl methyl sites for hydroxylation is 2. The highest BCUT2D eigenvalue weighted by atomic mass is 32.1. The van der Waals surface area contributed by atoms with Gasteiger partial charge < -0.3 is 5.32 Å².